The lowest BCUT2D eigenvalue weighted by Gasteiger charge is -2.21. The summed E-state index contributed by atoms with van der Waals surface area (Å²) in [6, 6.07) is 10.6. The highest BCUT2D eigenvalue weighted by Gasteiger charge is 2.28. The lowest BCUT2D eigenvalue weighted by atomic mass is 9.86. The van der Waals surface area contributed by atoms with Gasteiger partial charge in [-0.05, 0) is 54.7 Å². The Bertz CT molecular complexity index is 615. The molecule has 2 aromatic rings. The molecular weight excluding hydrogens is 280 g/mol. The van der Waals surface area contributed by atoms with Gasteiger partial charge >= 0.3 is 5.97 Å². The van der Waals surface area contributed by atoms with E-state index in [1.165, 1.54) is 21.6 Å². The van der Waals surface area contributed by atoms with E-state index in [9.17, 15) is 4.79 Å². The van der Waals surface area contributed by atoms with Crippen molar-refractivity contribution in [3.63, 3.8) is 0 Å². The average molecular weight is 300 g/mol. The molecule has 1 unspecified atom stereocenters. The van der Waals surface area contributed by atoms with E-state index in [2.05, 4.69) is 35.7 Å². The normalized spacial score (nSPS) is 17.3. The fourth-order valence-corrected chi connectivity index (χ4v) is 4.19. The van der Waals surface area contributed by atoms with Gasteiger partial charge in [-0.3, -0.25) is 4.79 Å². The summed E-state index contributed by atoms with van der Waals surface area (Å²) in [6.07, 6.45) is 3.78. The maximum Gasteiger partial charge on any atom is 0.309 e. The number of carbonyl (C=O) groups excluding carboxylic acids is 1. The molecule has 0 radical (unpaired) electrons. The van der Waals surface area contributed by atoms with E-state index in [-0.39, 0.29) is 11.9 Å². The van der Waals surface area contributed by atoms with Gasteiger partial charge < -0.3 is 4.74 Å². The Morgan fingerprint density at radius 2 is 2.14 bits per heavy atom. The van der Waals surface area contributed by atoms with Gasteiger partial charge in [0.05, 0.1) is 12.5 Å². The van der Waals surface area contributed by atoms with Crippen LogP contribution in [0, 0.1) is 5.92 Å². The van der Waals surface area contributed by atoms with Crippen molar-refractivity contribution in [2.75, 3.05) is 6.61 Å². The molecule has 0 saturated heterocycles. The number of thiophene rings is 1. The third-order valence-electron chi connectivity index (χ3n) is 4.10. The molecule has 1 aliphatic rings. The third kappa shape index (κ3) is 3.18. The topological polar surface area (TPSA) is 26.3 Å². The standard InChI is InChI=1S/C18H20O2S/c1-2-20-18(19)14-8-9-16-15(12-21-17(16)11-14)10-13-6-4-3-5-7-13/h3-7,12,14H,2,8-11H2,1H3. The summed E-state index contributed by atoms with van der Waals surface area (Å²) in [6.45, 7) is 2.35. The molecule has 0 amide bonds. The summed E-state index contributed by atoms with van der Waals surface area (Å²) in [5, 5.41) is 2.27. The van der Waals surface area contributed by atoms with E-state index in [1.54, 1.807) is 11.3 Å². The highest BCUT2D eigenvalue weighted by atomic mass is 32.1. The molecule has 110 valence electrons. The smallest absolute Gasteiger partial charge is 0.309 e. The van der Waals surface area contributed by atoms with Gasteiger partial charge in [-0.15, -0.1) is 11.3 Å². The van der Waals surface area contributed by atoms with Crippen molar-refractivity contribution in [1.29, 1.82) is 0 Å². The van der Waals surface area contributed by atoms with Crippen molar-refractivity contribution in [2.24, 2.45) is 5.92 Å². The van der Waals surface area contributed by atoms with Crippen molar-refractivity contribution in [1.82, 2.24) is 0 Å². The number of hydrogen-bond acceptors (Lipinski definition) is 3. The summed E-state index contributed by atoms with van der Waals surface area (Å²) >= 11 is 1.80. The Morgan fingerprint density at radius 3 is 2.90 bits per heavy atom. The molecule has 3 rings (SSSR count). The lowest BCUT2D eigenvalue weighted by Crippen LogP contribution is -2.24. The van der Waals surface area contributed by atoms with Crippen molar-refractivity contribution in [2.45, 2.75) is 32.6 Å². The molecule has 21 heavy (non-hydrogen) atoms. The van der Waals surface area contributed by atoms with Gasteiger partial charge in [0.15, 0.2) is 0 Å². The van der Waals surface area contributed by atoms with Gasteiger partial charge in [-0.1, -0.05) is 30.3 Å². The fourth-order valence-electron chi connectivity index (χ4n) is 3.00. The quantitative estimate of drug-likeness (QED) is 0.798. The Kier molecular flexibility index (Phi) is 4.39. The number of ether oxygens (including phenoxy) is 1. The summed E-state index contributed by atoms with van der Waals surface area (Å²) in [5.74, 6) is 0.0295. The monoisotopic (exact) mass is 300 g/mol. The maximum absolute atomic E-state index is 11.9. The van der Waals surface area contributed by atoms with Crippen LogP contribution in [0.4, 0.5) is 0 Å². The Labute approximate surface area is 129 Å². The van der Waals surface area contributed by atoms with E-state index >= 15 is 0 Å². The molecule has 0 N–H and O–H groups in total. The van der Waals surface area contributed by atoms with Crippen LogP contribution in [0.2, 0.25) is 0 Å². The summed E-state index contributed by atoms with van der Waals surface area (Å²) < 4.78 is 5.16. The second-order valence-electron chi connectivity index (χ2n) is 5.52. The first-order valence-corrected chi connectivity index (χ1v) is 8.44. The first-order chi connectivity index (χ1) is 10.3. The number of benzene rings is 1. The van der Waals surface area contributed by atoms with Crippen LogP contribution in [-0.4, -0.2) is 12.6 Å². The van der Waals surface area contributed by atoms with Gasteiger partial charge in [-0.25, -0.2) is 0 Å². The second-order valence-corrected chi connectivity index (χ2v) is 6.48. The van der Waals surface area contributed by atoms with Crippen molar-refractivity contribution in [3.8, 4) is 0 Å². The predicted octanol–water partition coefficient (Wildman–Crippen LogP) is 4.01. The summed E-state index contributed by atoms with van der Waals surface area (Å²) in [7, 11) is 0. The number of fused-ring (bicyclic) bond motifs is 1. The average Bonchev–Trinajstić information content (AvgIpc) is 2.91. The van der Waals surface area contributed by atoms with Crippen LogP contribution >= 0.6 is 11.3 Å². The molecule has 0 aliphatic heterocycles. The van der Waals surface area contributed by atoms with Gasteiger partial charge in [0.1, 0.15) is 0 Å². The van der Waals surface area contributed by atoms with Crippen LogP contribution in [0.5, 0.6) is 0 Å². The summed E-state index contributed by atoms with van der Waals surface area (Å²) in [4.78, 5) is 13.3. The highest BCUT2D eigenvalue weighted by molar-refractivity contribution is 7.10. The zero-order chi connectivity index (χ0) is 14.7. The minimum atomic E-state index is -0.0267. The van der Waals surface area contributed by atoms with Crippen LogP contribution in [0.15, 0.2) is 35.7 Å². The van der Waals surface area contributed by atoms with Gasteiger partial charge in [0, 0.05) is 4.88 Å². The first kappa shape index (κ1) is 14.3. The Balaban J connectivity index is 1.73. The molecule has 1 aromatic carbocycles. The second kappa shape index (κ2) is 6.44. The van der Waals surface area contributed by atoms with Crippen molar-refractivity contribution >= 4 is 17.3 Å². The molecule has 0 bridgehead atoms. The van der Waals surface area contributed by atoms with Gasteiger partial charge in [-0.2, -0.15) is 0 Å². The van der Waals surface area contributed by atoms with Gasteiger partial charge in [0.25, 0.3) is 0 Å². The van der Waals surface area contributed by atoms with E-state index < -0.39 is 0 Å². The zero-order valence-electron chi connectivity index (χ0n) is 12.3. The molecule has 1 atom stereocenters. The predicted molar refractivity (Wildman–Crippen MR) is 85.7 cm³/mol. The fraction of sp³-hybridized carbons (Fsp3) is 0.389. The lowest BCUT2D eigenvalue weighted by molar-refractivity contribution is -0.148. The largest absolute Gasteiger partial charge is 0.466 e. The molecule has 1 aliphatic carbocycles. The Morgan fingerprint density at radius 1 is 1.33 bits per heavy atom. The van der Waals surface area contributed by atoms with E-state index in [0.717, 1.165) is 25.7 Å². The van der Waals surface area contributed by atoms with Crippen LogP contribution in [0.3, 0.4) is 0 Å². The zero-order valence-corrected chi connectivity index (χ0v) is 13.1. The maximum atomic E-state index is 11.9. The Hall–Kier alpha value is -1.61. The van der Waals surface area contributed by atoms with Crippen molar-refractivity contribution in [3.05, 3.63) is 57.3 Å². The SMILES string of the molecule is CCOC(=O)C1CCc2c(Cc3ccccc3)csc2C1. The van der Waals surface area contributed by atoms with E-state index in [0.29, 0.717) is 6.61 Å². The molecule has 0 fully saturated rings. The third-order valence-corrected chi connectivity index (χ3v) is 5.20. The van der Waals surface area contributed by atoms with E-state index in [1.807, 2.05) is 6.92 Å². The van der Waals surface area contributed by atoms with Crippen LogP contribution in [-0.2, 0) is 28.8 Å². The minimum absolute atomic E-state index is 0.0267. The number of hydrogen-bond donors (Lipinski definition) is 0. The van der Waals surface area contributed by atoms with E-state index in [4.69, 9.17) is 4.74 Å². The molecule has 1 aromatic heterocycles. The molecule has 2 nitrogen and oxygen atoms in total. The molecule has 0 spiro atoms. The van der Waals surface area contributed by atoms with Crippen molar-refractivity contribution < 1.29 is 9.53 Å². The van der Waals surface area contributed by atoms with Crippen LogP contribution < -0.4 is 0 Å². The first-order valence-electron chi connectivity index (χ1n) is 7.56. The van der Waals surface area contributed by atoms with Crippen LogP contribution in [0.1, 0.15) is 34.9 Å². The number of rotatable bonds is 4. The minimum Gasteiger partial charge on any atom is -0.466 e. The van der Waals surface area contributed by atoms with Crippen LogP contribution in [0.25, 0.3) is 0 Å². The number of carbonyl (C=O) groups is 1. The number of esters is 1. The highest BCUT2D eigenvalue weighted by Crippen LogP contribution is 2.34. The molecule has 3 heteroatoms. The molecular formula is C18H20O2S. The molecule has 1 heterocycles. The van der Waals surface area contributed by atoms with Gasteiger partial charge in [0.2, 0.25) is 0 Å². The summed E-state index contributed by atoms with van der Waals surface area (Å²) in [5.41, 5.74) is 4.26. The molecule has 0 saturated carbocycles.